The summed E-state index contributed by atoms with van der Waals surface area (Å²) in [6.45, 7) is 1.94. The first-order valence-electron chi connectivity index (χ1n) is 5.47. The lowest BCUT2D eigenvalue weighted by Gasteiger charge is -2.34. The molecule has 0 aromatic carbocycles. The first-order valence-corrected chi connectivity index (χ1v) is 6.87. The Hall–Kier alpha value is -0.210. The third-order valence-electron chi connectivity index (χ3n) is 2.71. The SMILES string of the molecule is CN(C)S(=O)(=O)N(CCN)C1CCOCC1. The first kappa shape index (κ1) is 13.9. The summed E-state index contributed by atoms with van der Waals surface area (Å²) >= 11 is 0. The van der Waals surface area contributed by atoms with Gasteiger partial charge in [-0.1, -0.05) is 0 Å². The molecule has 1 rings (SSSR count). The van der Waals surface area contributed by atoms with E-state index in [0.29, 0.717) is 26.3 Å². The molecule has 1 aliphatic rings. The predicted molar refractivity (Wildman–Crippen MR) is 62.2 cm³/mol. The molecule has 1 fully saturated rings. The summed E-state index contributed by atoms with van der Waals surface area (Å²) in [5.74, 6) is 0. The van der Waals surface area contributed by atoms with Crippen LogP contribution >= 0.6 is 0 Å². The van der Waals surface area contributed by atoms with Gasteiger partial charge in [0.05, 0.1) is 0 Å². The monoisotopic (exact) mass is 251 g/mol. The largest absolute Gasteiger partial charge is 0.381 e. The fourth-order valence-electron chi connectivity index (χ4n) is 1.80. The molecular weight excluding hydrogens is 230 g/mol. The summed E-state index contributed by atoms with van der Waals surface area (Å²) in [5, 5.41) is 0. The van der Waals surface area contributed by atoms with Gasteiger partial charge in [-0.3, -0.25) is 0 Å². The molecule has 1 heterocycles. The van der Waals surface area contributed by atoms with Crippen LogP contribution in [0, 0.1) is 0 Å². The van der Waals surface area contributed by atoms with Crippen LogP contribution in [0.3, 0.4) is 0 Å². The minimum atomic E-state index is -3.37. The maximum absolute atomic E-state index is 12.1. The van der Waals surface area contributed by atoms with Gasteiger partial charge in [0.15, 0.2) is 0 Å². The second-order valence-corrected chi connectivity index (χ2v) is 6.13. The Morgan fingerprint density at radius 1 is 1.31 bits per heavy atom. The van der Waals surface area contributed by atoms with Gasteiger partial charge in [-0.05, 0) is 12.8 Å². The topological polar surface area (TPSA) is 75.9 Å². The number of ether oxygens (including phenoxy) is 1. The molecule has 7 heteroatoms. The molecule has 0 amide bonds. The van der Waals surface area contributed by atoms with Gasteiger partial charge < -0.3 is 10.5 Å². The Labute approximate surface area is 97.5 Å². The van der Waals surface area contributed by atoms with E-state index in [1.54, 1.807) is 0 Å². The van der Waals surface area contributed by atoms with Crippen molar-refractivity contribution in [2.45, 2.75) is 18.9 Å². The summed E-state index contributed by atoms with van der Waals surface area (Å²) in [6, 6.07) is 0.0182. The van der Waals surface area contributed by atoms with Crippen molar-refractivity contribution in [1.82, 2.24) is 8.61 Å². The fraction of sp³-hybridized carbons (Fsp3) is 1.00. The predicted octanol–water partition coefficient (Wildman–Crippen LogP) is -0.767. The van der Waals surface area contributed by atoms with Crippen LogP contribution in [0.5, 0.6) is 0 Å². The van der Waals surface area contributed by atoms with Crippen molar-refractivity contribution in [3.8, 4) is 0 Å². The third-order valence-corrected chi connectivity index (χ3v) is 4.70. The van der Waals surface area contributed by atoms with Gasteiger partial charge >= 0.3 is 0 Å². The van der Waals surface area contributed by atoms with E-state index < -0.39 is 10.2 Å². The third kappa shape index (κ3) is 3.14. The molecule has 0 atom stereocenters. The first-order chi connectivity index (χ1) is 7.50. The Kier molecular flexibility index (Phi) is 5.13. The van der Waals surface area contributed by atoms with Crippen LogP contribution in [0.15, 0.2) is 0 Å². The standard InChI is InChI=1S/C9H21N3O3S/c1-11(2)16(13,14)12(6-5-10)9-3-7-15-8-4-9/h9H,3-8,10H2,1-2H3. The van der Waals surface area contributed by atoms with Crippen LogP contribution in [0.2, 0.25) is 0 Å². The second-order valence-electron chi connectivity index (χ2n) is 4.03. The lowest BCUT2D eigenvalue weighted by atomic mass is 10.1. The minimum Gasteiger partial charge on any atom is -0.381 e. The van der Waals surface area contributed by atoms with Crippen LogP contribution in [-0.4, -0.2) is 63.5 Å². The summed E-state index contributed by atoms with van der Waals surface area (Å²) in [5.41, 5.74) is 5.48. The molecule has 0 radical (unpaired) electrons. The summed E-state index contributed by atoms with van der Waals surface area (Å²) in [4.78, 5) is 0. The Bertz CT molecular complexity index is 299. The van der Waals surface area contributed by atoms with E-state index in [9.17, 15) is 8.42 Å². The zero-order valence-corrected chi connectivity index (χ0v) is 10.7. The van der Waals surface area contributed by atoms with Crippen molar-refractivity contribution < 1.29 is 13.2 Å². The average Bonchev–Trinajstić information content (AvgIpc) is 2.26. The van der Waals surface area contributed by atoms with Gasteiger partial charge in [0.1, 0.15) is 0 Å². The fourth-order valence-corrected chi connectivity index (χ4v) is 3.14. The molecule has 0 aromatic rings. The second kappa shape index (κ2) is 5.92. The molecule has 16 heavy (non-hydrogen) atoms. The van der Waals surface area contributed by atoms with Crippen LogP contribution in [-0.2, 0) is 14.9 Å². The summed E-state index contributed by atoms with van der Waals surface area (Å²) in [6.07, 6.45) is 1.49. The van der Waals surface area contributed by atoms with Gasteiger partial charge in [-0.2, -0.15) is 17.0 Å². The van der Waals surface area contributed by atoms with E-state index in [4.69, 9.17) is 10.5 Å². The molecule has 0 saturated carbocycles. The zero-order chi connectivity index (χ0) is 12.2. The molecular formula is C9H21N3O3S. The summed E-state index contributed by atoms with van der Waals surface area (Å²) < 4.78 is 32.1. The maximum atomic E-state index is 12.1. The molecule has 96 valence electrons. The van der Waals surface area contributed by atoms with Crippen LogP contribution in [0.1, 0.15) is 12.8 Å². The Morgan fingerprint density at radius 3 is 2.31 bits per heavy atom. The van der Waals surface area contributed by atoms with E-state index in [-0.39, 0.29) is 6.04 Å². The molecule has 2 N–H and O–H groups in total. The highest BCUT2D eigenvalue weighted by Crippen LogP contribution is 2.18. The highest BCUT2D eigenvalue weighted by molar-refractivity contribution is 7.86. The molecule has 1 aliphatic heterocycles. The highest BCUT2D eigenvalue weighted by atomic mass is 32.2. The number of hydrogen-bond donors (Lipinski definition) is 1. The Morgan fingerprint density at radius 2 is 1.88 bits per heavy atom. The minimum absolute atomic E-state index is 0.0182. The van der Waals surface area contributed by atoms with Crippen molar-refractivity contribution >= 4 is 10.2 Å². The van der Waals surface area contributed by atoms with E-state index in [0.717, 1.165) is 12.8 Å². The number of hydrogen-bond acceptors (Lipinski definition) is 4. The molecule has 0 spiro atoms. The van der Waals surface area contributed by atoms with Crippen LogP contribution < -0.4 is 5.73 Å². The molecule has 1 saturated heterocycles. The zero-order valence-electron chi connectivity index (χ0n) is 9.92. The van der Waals surface area contributed by atoms with Crippen LogP contribution in [0.4, 0.5) is 0 Å². The van der Waals surface area contributed by atoms with Crippen molar-refractivity contribution in [2.75, 3.05) is 40.4 Å². The van der Waals surface area contributed by atoms with Gasteiger partial charge in [0, 0.05) is 46.4 Å². The Balaban J connectivity index is 2.80. The van der Waals surface area contributed by atoms with E-state index in [2.05, 4.69) is 0 Å². The lowest BCUT2D eigenvalue weighted by Crippen LogP contribution is -2.49. The smallest absolute Gasteiger partial charge is 0.281 e. The quantitative estimate of drug-likeness (QED) is 0.696. The number of nitrogens with two attached hydrogens (primary N) is 1. The highest BCUT2D eigenvalue weighted by Gasteiger charge is 2.32. The average molecular weight is 251 g/mol. The van der Waals surface area contributed by atoms with E-state index in [1.165, 1.54) is 22.7 Å². The van der Waals surface area contributed by atoms with Crippen molar-refractivity contribution in [3.05, 3.63) is 0 Å². The van der Waals surface area contributed by atoms with E-state index >= 15 is 0 Å². The normalized spacial score (nSPS) is 19.6. The maximum Gasteiger partial charge on any atom is 0.281 e. The van der Waals surface area contributed by atoms with Gasteiger partial charge in [0.2, 0.25) is 0 Å². The molecule has 0 aromatic heterocycles. The van der Waals surface area contributed by atoms with Crippen molar-refractivity contribution in [1.29, 1.82) is 0 Å². The summed E-state index contributed by atoms with van der Waals surface area (Å²) in [7, 11) is -0.290. The number of nitrogens with zero attached hydrogens (tertiary/aromatic N) is 2. The van der Waals surface area contributed by atoms with Crippen molar-refractivity contribution in [2.24, 2.45) is 5.73 Å². The van der Waals surface area contributed by atoms with Crippen LogP contribution in [0.25, 0.3) is 0 Å². The van der Waals surface area contributed by atoms with Gasteiger partial charge in [-0.25, -0.2) is 0 Å². The van der Waals surface area contributed by atoms with E-state index in [1.807, 2.05) is 0 Å². The lowest BCUT2D eigenvalue weighted by molar-refractivity contribution is 0.0578. The van der Waals surface area contributed by atoms with Gasteiger partial charge in [-0.15, -0.1) is 0 Å². The number of rotatable bonds is 5. The molecule has 0 bridgehead atoms. The molecule has 6 nitrogen and oxygen atoms in total. The van der Waals surface area contributed by atoms with Crippen molar-refractivity contribution in [3.63, 3.8) is 0 Å². The molecule has 0 unspecified atom stereocenters. The molecule has 0 aliphatic carbocycles. The van der Waals surface area contributed by atoms with Gasteiger partial charge in [0.25, 0.3) is 10.2 Å².